The van der Waals surface area contributed by atoms with E-state index in [-0.39, 0.29) is 6.61 Å². The van der Waals surface area contributed by atoms with E-state index in [0.717, 1.165) is 36.0 Å². The Kier molecular flexibility index (Phi) is 5.69. The summed E-state index contributed by atoms with van der Waals surface area (Å²) in [5.41, 5.74) is 3.00. The molecular weight excluding hydrogens is 348 g/mol. The second-order valence-electron chi connectivity index (χ2n) is 6.62. The van der Waals surface area contributed by atoms with E-state index < -0.39 is 24.6 Å². The zero-order chi connectivity index (χ0) is 19.4. The molecule has 1 heterocycles. The van der Waals surface area contributed by atoms with Gasteiger partial charge in [0.25, 0.3) is 5.91 Å². The van der Waals surface area contributed by atoms with Gasteiger partial charge in [-0.1, -0.05) is 25.1 Å². The predicted octanol–water partition coefficient (Wildman–Crippen LogP) is 2.79. The number of aryl methyl sites for hydroxylation is 1. The maximum Gasteiger partial charge on any atom is 0.413 e. The minimum absolute atomic E-state index is 0.145. The summed E-state index contributed by atoms with van der Waals surface area (Å²) in [6.45, 7) is 3.35. The fourth-order valence-electron chi connectivity index (χ4n) is 3.32. The molecule has 0 fully saturated rings. The van der Waals surface area contributed by atoms with Gasteiger partial charge in [-0.25, -0.2) is 9.59 Å². The lowest BCUT2D eigenvalue weighted by molar-refractivity contribution is -0.123. The summed E-state index contributed by atoms with van der Waals surface area (Å²) in [7, 11) is 0. The van der Waals surface area contributed by atoms with Gasteiger partial charge in [0.15, 0.2) is 6.61 Å². The molecule has 0 aliphatic heterocycles. The number of carbonyl (C=O) groups is 3. The van der Waals surface area contributed by atoms with Gasteiger partial charge in [-0.15, -0.1) is 0 Å². The molecule has 1 aliphatic carbocycles. The van der Waals surface area contributed by atoms with E-state index >= 15 is 0 Å². The summed E-state index contributed by atoms with van der Waals surface area (Å²) in [6, 6.07) is 7.40. The first-order valence-corrected chi connectivity index (χ1v) is 9.03. The van der Waals surface area contributed by atoms with Crippen molar-refractivity contribution in [1.82, 2.24) is 10.3 Å². The molecule has 1 unspecified atom stereocenters. The van der Waals surface area contributed by atoms with Gasteiger partial charge in [-0.05, 0) is 43.7 Å². The minimum Gasteiger partial charge on any atom is -0.452 e. The lowest BCUT2D eigenvalue weighted by atomic mass is 9.84. The average Bonchev–Trinajstić information content (AvgIpc) is 2.64. The molecule has 1 N–H and O–H groups in total. The topological polar surface area (TPSA) is 94.6 Å². The summed E-state index contributed by atoms with van der Waals surface area (Å²) in [4.78, 5) is 40.5. The number of esters is 1. The quantitative estimate of drug-likeness (QED) is 0.832. The normalized spacial score (nSPS) is 15.7. The number of carbonyl (C=O) groups excluding carboxylic acids is 3. The molecule has 2 aromatic rings. The molecule has 0 saturated carbocycles. The highest BCUT2D eigenvalue weighted by atomic mass is 16.6. The molecule has 27 heavy (non-hydrogen) atoms. The highest BCUT2D eigenvalue weighted by Gasteiger charge is 2.26. The first-order chi connectivity index (χ1) is 13.0. The number of imide groups is 1. The van der Waals surface area contributed by atoms with E-state index in [1.807, 2.05) is 29.6 Å². The smallest absolute Gasteiger partial charge is 0.413 e. The van der Waals surface area contributed by atoms with E-state index in [2.05, 4.69) is 11.7 Å². The Balaban J connectivity index is 1.84. The number of pyridine rings is 1. The van der Waals surface area contributed by atoms with E-state index in [9.17, 15) is 14.4 Å². The summed E-state index contributed by atoms with van der Waals surface area (Å²) < 4.78 is 9.82. The van der Waals surface area contributed by atoms with Crippen LogP contribution in [0.3, 0.4) is 0 Å². The first-order valence-electron chi connectivity index (χ1n) is 9.03. The van der Waals surface area contributed by atoms with Crippen molar-refractivity contribution in [1.29, 1.82) is 0 Å². The van der Waals surface area contributed by atoms with Gasteiger partial charge >= 0.3 is 12.1 Å². The number of alkyl carbamates (subject to hydrolysis) is 1. The molecule has 7 nitrogen and oxygen atoms in total. The molecule has 3 rings (SSSR count). The molecule has 1 atom stereocenters. The van der Waals surface area contributed by atoms with Crippen LogP contribution in [0, 0.1) is 5.92 Å². The van der Waals surface area contributed by atoms with Crippen molar-refractivity contribution in [3.63, 3.8) is 0 Å². The van der Waals surface area contributed by atoms with Crippen molar-refractivity contribution in [3.05, 3.63) is 41.1 Å². The number of hydrogen-bond donors (Lipinski definition) is 1. The van der Waals surface area contributed by atoms with Crippen LogP contribution in [-0.4, -0.2) is 36.2 Å². The largest absolute Gasteiger partial charge is 0.452 e. The van der Waals surface area contributed by atoms with Crippen molar-refractivity contribution in [3.8, 4) is 0 Å². The number of benzene rings is 1. The highest BCUT2D eigenvalue weighted by Crippen LogP contribution is 2.31. The molecule has 1 aromatic heterocycles. The summed E-state index contributed by atoms with van der Waals surface area (Å²) in [5.74, 6) is -0.875. The first kappa shape index (κ1) is 18.8. The molecule has 1 aromatic carbocycles. The standard InChI is InChI=1S/C20H22N2O5/c1-3-26-20(25)22-17(23)11-27-19(24)18-13-6-4-5-7-15(13)21-16-9-8-12(2)10-14(16)18/h4-7,12H,3,8-11H2,1-2H3,(H,22,23,25). The second kappa shape index (κ2) is 8.16. The van der Waals surface area contributed by atoms with E-state index in [4.69, 9.17) is 9.72 Å². The number of rotatable bonds is 4. The molecule has 0 bridgehead atoms. The van der Waals surface area contributed by atoms with Gasteiger partial charge in [0.1, 0.15) is 0 Å². The zero-order valence-electron chi connectivity index (χ0n) is 15.4. The number of para-hydroxylation sites is 1. The zero-order valence-corrected chi connectivity index (χ0v) is 15.4. The number of nitrogens with one attached hydrogen (secondary N) is 1. The number of fused-ring (bicyclic) bond motifs is 2. The Morgan fingerprint density at radius 3 is 2.78 bits per heavy atom. The highest BCUT2D eigenvalue weighted by molar-refractivity contribution is 6.06. The van der Waals surface area contributed by atoms with Crippen LogP contribution in [0.1, 0.15) is 41.9 Å². The lowest BCUT2D eigenvalue weighted by Crippen LogP contribution is -2.34. The SMILES string of the molecule is CCOC(=O)NC(=O)COC(=O)c1c2c(nc3ccccc13)CCC(C)C2. The number of amides is 2. The summed E-state index contributed by atoms with van der Waals surface area (Å²) in [5, 5.41) is 2.71. The Bertz CT molecular complexity index is 893. The minimum atomic E-state index is -0.862. The lowest BCUT2D eigenvalue weighted by Gasteiger charge is -2.24. The molecule has 0 radical (unpaired) electrons. The molecule has 142 valence electrons. The molecule has 2 amide bonds. The van der Waals surface area contributed by atoms with Crippen molar-refractivity contribution < 1.29 is 23.9 Å². The average molecular weight is 370 g/mol. The maximum atomic E-state index is 12.8. The maximum absolute atomic E-state index is 12.8. The van der Waals surface area contributed by atoms with Gasteiger partial charge in [0.2, 0.25) is 0 Å². The third kappa shape index (κ3) is 4.24. The number of ether oxygens (including phenoxy) is 2. The molecular formula is C20H22N2O5. The third-order valence-corrected chi connectivity index (χ3v) is 4.56. The van der Waals surface area contributed by atoms with Crippen LogP contribution < -0.4 is 5.32 Å². The number of hydrogen-bond acceptors (Lipinski definition) is 6. The fourth-order valence-corrected chi connectivity index (χ4v) is 3.32. The third-order valence-electron chi connectivity index (χ3n) is 4.56. The number of aromatic nitrogens is 1. The van der Waals surface area contributed by atoms with Crippen LogP contribution in [0.4, 0.5) is 4.79 Å². The Morgan fingerprint density at radius 2 is 2.00 bits per heavy atom. The van der Waals surface area contributed by atoms with Crippen molar-refractivity contribution >= 4 is 28.9 Å². The van der Waals surface area contributed by atoms with Gasteiger partial charge in [0.05, 0.1) is 17.7 Å². The fraction of sp³-hybridized carbons (Fsp3) is 0.400. The van der Waals surface area contributed by atoms with Crippen LogP contribution in [0.2, 0.25) is 0 Å². The number of nitrogens with zero attached hydrogens (tertiary/aromatic N) is 1. The summed E-state index contributed by atoms with van der Waals surface area (Å²) >= 11 is 0. The molecule has 7 heteroatoms. The molecule has 1 aliphatic rings. The monoisotopic (exact) mass is 370 g/mol. The Morgan fingerprint density at radius 1 is 1.22 bits per heavy atom. The molecule has 0 saturated heterocycles. The Hall–Kier alpha value is -2.96. The molecule has 0 spiro atoms. The Labute approximate surface area is 157 Å². The van der Waals surface area contributed by atoms with Crippen molar-refractivity contribution in [2.24, 2.45) is 5.92 Å². The van der Waals surface area contributed by atoms with Crippen LogP contribution in [0.25, 0.3) is 10.9 Å². The van der Waals surface area contributed by atoms with Gasteiger partial charge in [0, 0.05) is 11.1 Å². The van der Waals surface area contributed by atoms with Gasteiger partial charge in [-0.3, -0.25) is 15.1 Å². The van der Waals surface area contributed by atoms with Crippen LogP contribution in [-0.2, 0) is 27.1 Å². The van der Waals surface area contributed by atoms with Crippen LogP contribution >= 0.6 is 0 Å². The van der Waals surface area contributed by atoms with Crippen molar-refractivity contribution in [2.45, 2.75) is 33.1 Å². The van der Waals surface area contributed by atoms with E-state index in [0.29, 0.717) is 16.9 Å². The van der Waals surface area contributed by atoms with E-state index in [1.54, 1.807) is 6.92 Å². The van der Waals surface area contributed by atoms with Crippen molar-refractivity contribution in [2.75, 3.05) is 13.2 Å². The summed E-state index contributed by atoms with van der Waals surface area (Å²) in [6.07, 6.45) is 1.71. The van der Waals surface area contributed by atoms with Gasteiger partial charge in [-0.2, -0.15) is 0 Å². The van der Waals surface area contributed by atoms with Gasteiger partial charge < -0.3 is 9.47 Å². The van der Waals surface area contributed by atoms with Crippen LogP contribution in [0.5, 0.6) is 0 Å². The second-order valence-corrected chi connectivity index (χ2v) is 6.62. The van der Waals surface area contributed by atoms with Crippen LogP contribution in [0.15, 0.2) is 24.3 Å². The van der Waals surface area contributed by atoms with E-state index in [1.165, 1.54) is 0 Å². The predicted molar refractivity (Wildman–Crippen MR) is 98.4 cm³/mol.